The Morgan fingerprint density at radius 3 is 2.10 bits per heavy atom. The van der Waals surface area contributed by atoms with Gasteiger partial charge in [-0.3, -0.25) is 0 Å². The zero-order valence-electron chi connectivity index (χ0n) is 14.2. The first-order chi connectivity index (χ1) is 9.87. The molecule has 0 atom stereocenters. The number of ether oxygens (including phenoxy) is 2. The van der Waals surface area contributed by atoms with E-state index in [1.807, 2.05) is 0 Å². The fourth-order valence-corrected chi connectivity index (χ4v) is 1.75. The van der Waals surface area contributed by atoms with Crippen LogP contribution in [0.1, 0.15) is 45.7 Å². The van der Waals surface area contributed by atoms with Gasteiger partial charge in [0.25, 0.3) is 0 Å². The highest BCUT2D eigenvalue weighted by Gasteiger charge is 2.07. The van der Waals surface area contributed by atoms with Crippen LogP contribution in [-0.2, 0) is 22.6 Å². The first-order valence-corrected chi connectivity index (χ1v) is 7.85. The van der Waals surface area contributed by atoms with E-state index in [1.165, 1.54) is 11.1 Å². The van der Waals surface area contributed by atoms with E-state index in [2.05, 4.69) is 64.2 Å². The number of benzene rings is 1. The lowest BCUT2D eigenvalue weighted by atomic mass is 10.1. The number of hydrogen-bond acceptors (Lipinski definition) is 3. The molecule has 3 heteroatoms. The van der Waals surface area contributed by atoms with Gasteiger partial charge in [0.1, 0.15) is 0 Å². The lowest BCUT2D eigenvalue weighted by Gasteiger charge is -2.20. The van der Waals surface area contributed by atoms with Gasteiger partial charge >= 0.3 is 0 Å². The summed E-state index contributed by atoms with van der Waals surface area (Å²) in [7, 11) is 0. The molecule has 0 fully saturated rings. The van der Waals surface area contributed by atoms with Crippen LogP contribution in [0.5, 0.6) is 0 Å². The van der Waals surface area contributed by atoms with Gasteiger partial charge in [-0.15, -0.1) is 0 Å². The smallest absolute Gasteiger partial charge is 0.0718 e. The topological polar surface area (TPSA) is 30.5 Å². The molecule has 0 unspecified atom stereocenters. The summed E-state index contributed by atoms with van der Waals surface area (Å²) >= 11 is 0. The molecule has 0 bridgehead atoms. The minimum Gasteiger partial charge on any atom is -0.379 e. The van der Waals surface area contributed by atoms with Crippen LogP contribution in [-0.4, -0.2) is 25.4 Å². The first-order valence-electron chi connectivity index (χ1n) is 7.85. The molecule has 0 aliphatic heterocycles. The molecular weight excluding hydrogens is 262 g/mol. The Kier molecular flexibility index (Phi) is 7.94. The number of hydrogen-bond donors (Lipinski definition) is 1. The van der Waals surface area contributed by atoms with Crippen LogP contribution in [0.15, 0.2) is 24.3 Å². The van der Waals surface area contributed by atoms with E-state index in [4.69, 9.17) is 9.47 Å². The van der Waals surface area contributed by atoms with Gasteiger partial charge in [-0.25, -0.2) is 0 Å². The molecule has 0 heterocycles. The van der Waals surface area contributed by atoms with Crippen LogP contribution >= 0.6 is 0 Å². The lowest BCUT2D eigenvalue weighted by molar-refractivity contribution is 0.0314. The molecule has 120 valence electrons. The van der Waals surface area contributed by atoms with Gasteiger partial charge in [0.2, 0.25) is 0 Å². The van der Waals surface area contributed by atoms with Gasteiger partial charge in [-0.05, 0) is 37.8 Å². The van der Waals surface area contributed by atoms with Gasteiger partial charge in [0.15, 0.2) is 0 Å². The van der Waals surface area contributed by atoms with Gasteiger partial charge < -0.3 is 14.8 Å². The van der Waals surface area contributed by atoms with Crippen molar-refractivity contribution in [3.63, 3.8) is 0 Å². The van der Waals surface area contributed by atoms with Crippen molar-refractivity contribution in [2.45, 2.75) is 53.3 Å². The van der Waals surface area contributed by atoms with Crippen molar-refractivity contribution in [1.29, 1.82) is 0 Å². The van der Waals surface area contributed by atoms with Crippen LogP contribution in [0, 0.1) is 5.92 Å². The molecule has 0 saturated heterocycles. The Hall–Kier alpha value is -0.900. The summed E-state index contributed by atoms with van der Waals surface area (Å²) < 4.78 is 11.1. The Morgan fingerprint density at radius 2 is 1.52 bits per heavy atom. The highest BCUT2D eigenvalue weighted by Crippen LogP contribution is 2.08. The quantitative estimate of drug-likeness (QED) is 0.703. The van der Waals surface area contributed by atoms with Crippen LogP contribution in [0.25, 0.3) is 0 Å². The monoisotopic (exact) mass is 293 g/mol. The minimum absolute atomic E-state index is 0.151. The summed E-state index contributed by atoms with van der Waals surface area (Å²) in [5.41, 5.74) is 2.66. The molecule has 0 aromatic heterocycles. The van der Waals surface area contributed by atoms with E-state index in [1.54, 1.807) is 0 Å². The normalized spacial score (nSPS) is 12.1. The minimum atomic E-state index is 0.151. The number of nitrogens with one attached hydrogen (secondary N) is 1. The fourth-order valence-electron chi connectivity index (χ4n) is 1.75. The van der Waals surface area contributed by atoms with Crippen molar-refractivity contribution in [3.8, 4) is 0 Å². The summed E-state index contributed by atoms with van der Waals surface area (Å²) in [6.07, 6.45) is 0. The summed E-state index contributed by atoms with van der Waals surface area (Å²) in [4.78, 5) is 0. The third-order valence-corrected chi connectivity index (χ3v) is 2.94. The second-order valence-electron chi connectivity index (χ2n) is 6.94. The molecule has 1 aromatic carbocycles. The highest BCUT2D eigenvalue weighted by atomic mass is 16.5. The maximum atomic E-state index is 5.61. The van der Waals surface area contributed by atoms with Crippen molar-refractivity contribution in [1.82, 2.24) is 5.32 Å². The summed E-state index contributed by atoms with van der Waals surface area (Å²) in [6, 6.07) is 8.59. The van der Waals surface area contributed by atoms with E-state index in [-0.39, 0.29) is 5.54 Å². The molecule has 0 aliphatic carbocycles. The molecule has 21 heavy (non-hydrogen) atoms. The van der Waals surface area contributed by atoms with Crippen molar-refractivity contribution in [2.24, 2.45) is 5.92 Å². The molecule has 0 amide bonds. The fraction of sp³-hybridized carbons (Fsp3) is 0.667. The first kappa shape index (κ1) is 18.1. The predicted molar refractivity (Wildman–Crippen MR) is 88.3 cm³/mol. The third kappa shape index (κ3) is 9.62. The summed E-state index contributed by atoms with van der Waals surface area (Å²) in [5, 5.41) is 3.49. The number of rotatable bonds is 9. The summed E-state index contributed by atoms with van der Waals surface area (Å²) in [5.74, 6) is 0.583. The lowest BCUT2D eigenvalue weighted by Crippen LogP contribution is -2.35. The zero-order valence-corrected chi connectivity index (χ0v) is 14.2. The van der Waals surface area contributed by atoms with Crippen molar-refractivity contribution in [2.75, 3.05) is 19.8 Å². The molecule has 1 aromatic rings. The third-order valence-electron chi connectivity index (χ3n) is 2.94. The molecule has 1 rings (SSSR count). The largest absolute Gasteiger partial charge is 0.379 e. The molecule has 0 spiro atoms. The zero-order chi connectivity index (χ0) is 15.7. The summed E-state index contributed by atoms with van der Waals surface area (Å²) in [6.45, 7) is 14.5. The average molecular weight is 293 g/mol. The van der Waals surface area contributed by atoms with Crippen LogP contribution in [0.2, 0.25) is 0 Å². The maximum absolute atomic E-state index is 5.61. The maximum Gasteiger partial charge on any atom is 0.0718 e. The van der Waals surface area contributed by atoms with Gasteiger partial charge in [0, 0.05) is 18.7 Å². The molecule has 1 N–H and O–H groups in total. The van der Waals surface area contributed by atoms with Crippen molar-refractivity contribution in [3.05, 3.63) is 35.4 Å². The van der Waals surface area contributed by atoms with Gasteiger partial charge in [-0.1, -0.05) is 38.1 Å². The van der Waals surface area contributed by atoms with Crippen LogP contribution in [0.3, 0.4) is 0 Å². The van der Waals surface area contributed by atoms with Gasteiger partial charge in [0.05, 0.1) is 19.8 Å². The van der Waals surface area contributed by atoms with E-state index in [0.29, 0.717) is 25.7 Å². The van der Waals surface area contributed by atoms with Crippen molar-refractivity contribution >= 4 is 0 Å². The van der Waals surface area contributed by atoms with Gasteiger partial charge in [-0.2, -0.15) is 0 Å². The molecule has 0 aliphatic rings. The second-order valence-corrected chi connectivity index (χ2v) is 6.94. The second kappa shape index (κ2) is 9.19. The Labute approximate surface area is 130 Å². The standard InChI is InChI=1S/C18H31NO2/c1-15(2)13-20-10-11-21-14-17-8-6-16(7-9-17)12-19-18(3,4)5/h6-9,15,19H,10-14H2,1-5H3. The SMILES string of the molecule is CC(C)COCCOCc1ccc(CNC(C)(C)C)cc1. The van der Waals surface area contributed by atoms with Crippen LogP contribution < -0.4 is 5.32 Å². The molecule has 0 saturated carbocycles. The van der Waals surface area contributed by atoms with Crippen LogP contribution in [0.4, 0.5) is 0 Å². The highest BCUT2D eigenvalue weighted by molar-refractivity contribution is 5.22. The Balaban J connectivity index is 2.19. The Morgan fingerprint density at radius 1 is 0.952 bits per heavy atom. The Bertz CT molecular complexity index is 379. The molecular formula is C18H31NO2. The molecule has 0 radical (unpaired) electrons. The average Bonchev–Trinajstić information content (AvgIpc) is 2.40. The van der Waals surface area contributed by atoms with E-state index in [9.17, 15) is 0 Å². The van der Waals surface area contributed by atoms with Crippen molar-refractivity contribution < 1.29 is 9.47 Å². The molecule has 3 nitrogen and oxygen atoms in total. The van der Waals surface area contributed by atoms with E-state index >= 15 is 0 Å². The predicted octanol–water partition coefficient (Wildman–Crippen LogP) is 3.76. The van der Waals surface area contributed by atoms with E-state index in [0.717, 1.165) is 13.2 Å². The van der Waals surface area contributed by atoms with E-state index < -0.39 is 0 Å².